The Morgan fingerprint density at radius 3 is 2.87 bits per heavy atom. The van der Waals surface area contributed by atoms with Gasteiger partial charge in [-0.1, -0.05) is 24.3 Å². The number of piperidine rings is 1. The predicted octanol–water partition coefficient (Wildman–Crippen LogP) is 3.86. The summed E-state index contributed by atoms with van der Waals surface area (Å²) in [7, 11) is 0. The third-order valence-electron chi connectivity index (χ3n) is 5.16. The SMILES string of the molecule is CSc1ccccc1-c1ccc(N2CCCC(NC(=O)c3cn[nH]c3)C2=O)c(F)c1. The van der Waals surface area contributed by atoms with Crippen LogP contribution >= 0.6 is 11.8 Å². The van der Waals surface area contributed by atoms with Crippen molar-refractivity contribution in [1.29, 1.82) is 0 Å². The molecule has 1 unspecified atom stereocenters. The highest BCUT2D eigenvalue weighted by molar-refractivity contribution is 7.98. The van der Waals surface area contributed by atoms with E-state index in [1.54, 1.807) is 17.8 Å². The summed E-state index contributed by atoms with van der Waals surface area (Å²) in [6, 6.07) is 12.0. The van der Waals surface area contributed by atoms with E-state index in [4.69, 9.17) is 0 Å². The Hall–Kier alpha value is -3.13. The molecule has 2 heterocycles. The van der Waals surface area contributed by atoms with Gasteiger partial charge in [-0.05, 0) is 48.4 Å². The first-order valence-corrected chi connectivity index (χ1v) is 10.8. The highest BCUT2D eigenvalue weighted by atomic mass is 32.2. The first kappa shape index (κ1) is 20.2. The summed E-state index contributed by atoms with van der Waals surface area (Å²) in [4.78, 5) is 27.7. The number of hydrogen-bond donors (Lipinski definition) is 2. The van der Waals surface area contributed by atoms with Gasteiger partial charge in [-0.15, -0.1) is 11.8 Å². The molecule has 0 saturated carbocycles. The zero-order chi connectivity index (χ0) is 21.1. The standard InChI is InChI=1S/C22H21FN4O2S/c1-30-20-7-3-2-5-16(20)14-8-9-19(17(23)11-14)27-10-4-6-18(22(27)29)26-21(28)15-12-24-25-13-15/h2-3,5,7-9,11-13,18H,4,6,10H2,1H3,(H,24,25)(H,26,28). The molecule has 8 heteroatoms. The Morgan fingerprint density at radius 1 is 1.30 bits per heavy atom. The van der Waals surface area contributed by atoms with Crippen molar-refractivity contribution in [2.45, 2.75) is 23.8 Å². The molecule has 154 valence electrons. The highest BCUT2D eigenvalue weighted by Gasteiger charge is 2.32. The van der Waals surface area contributed by atoms with E-state index >= 15 is 4.39 Å². The monoisotopic (exact) mass is 424 g/mol. The lowest BCUT2D eigenvalue weighted by Gasteiger charge is -2.33. The van der Waals surface area contributed by atoms with Gasteiger partial charge in [0.25, 0.3) is 5.91 Å². The first-order valence-electron chi connectivity index (χ1n) is 9.62. The number of carbonyl (C=O) groups excluding carboxylic acids is 2. The molecule has 1 atom stereocenters. The number of benzene rings is 2. The second kappa shape index (κ2) is 8.71. The summed E-state index contributed by atoms with van der Waals surface area (Å²) in [6.07, 6.45) is 6.02. The Balaban J connectivity index is 1.56. The highest BCUT2D eigenvalue weighted by Crippen LogP contribution is 2.33. The molecule has 30 heavy (non-hydrogen) atoms. The third kappa shape index (κ3) is 3.95. The van der Waals surface area contributed by atoms with Gasteiger partial charge < -0.3 is 10.2 Å². The number of nitrogens with zero attached hydrogens (tertiary/aromatic N) is 2. The van der Waals surface area contributed by atoms with E-state index in [9.17, 15) is 9.59 Å². The molecule has 2 aromatic carbocycles. The molecule has 4 rings (SSSR count). The molecule has 2 N–H and O–H groups in total. The third-order valence-corrected chi connectivity index (χ3v) is 5.96. The number of anilines is 1. The van der Waals surface area contributed by atoms with Gasteiger partial charge in [0.05, 0.1) is 17.4 Å². The molecule has 0 bridgehead atoms. The summed E-state index contributed by atoms with van der Waals surface area (Å²) in [5.74, 6) is -1.15. The number of amides is 2. The quantitative estimate of drug-likeness (QED) is 0.610. The number of aromatic nitrogens is 2. The van der Waals surface area contributed by atoms with Crippen LogP contribution in [0.2, 0.25) is 0 Å². The average molecular weight is 425 g/mol. The number of hydrogen-bond acceptors (Lipinski definition) is 4. The Kier molecular flexibility index (Phi) is 5.85. The molecule has 1 saturated heterocycles. The molecule has 0 aliphatic carbocycles. The second-order valence-electron chi connectivity index (χ2n) is 7.01. The van der Waals surface area contributed by atoms with E-state index < -0.39 is 11.9 Å². The van der Waals surface area contributed by atoms with E-state index in [-0.39, 0.29) is 17.5 Å². The van der Waals surface area contributed by atoms with Crippen molar-refractivity contribution < 1.29 is 14.0 Å². The minimum Gasteiger partial charge on any atom is -0.340 e. The van der Waals surface area contributed by atoms with Gasteiger partial charge in [-0.25, -0.2) is 4.39 Å². The van der Waals surface area contributed by atoms with Crippen LogP contribution in [0.25, 0.3) is 11.1 Å². The molecular weight excluding hydrogens is 403 g/mol. The number of nitrogens with one attached hydrogen (secondary N) is 2. The number of H-pyrrole nitrogens is 1. The van der Waals surface area contributed by atoms with Gasteiger partial charge in [0.1, 0.15) is 11.9 Å². The number of thioether (sulfide) groups is 1. The second-order valence-corrected chi connectivity index (χ2v) is 7.86. The average Bonchev–Trinajstić information content (AvgIpc) is 3.30. The Bertz CT molecular complexity index is 1070. The maximum atomic E-state index is 15.0. The predicted molar refractivity (Wildman–Crippen MR) is 115 cm³/mol. The molecule has 1 aliphatic heterocycles. The van der Waals surface area contributed by atoms with Crippen LogP contribution in [-0.4, -0.2) is 40.9 Å². The molecular formula is C22H21FN4O2S. The fourth-order valence-electron chi connectivity index (χ4n) is 3.64. The smallest absolute Gasteiger partial charge is 0.255 e. The van der Waals surface area contributed by atoms with Gasteiger partial charge in [-0.2, -0.15) is 5.10 Å². The first-order chi connectivity index (χ1) is 14.6. The molecule has 0 spiro atoms. The van der Waals surface area contributed by atoms with E-state index in [0.29, 0.717) is 24.9 Å². The van der Waals surface area contributed by atoms with Crippen molar-refractivity contribution in [2.75, 3.05) is 17.7 Å². The molecule has 1 fully saturated rings. The van der Waals surface area contributed by atoms with Crippen LogP contribution < -0.4 is 10.2 Å². The largest absolute Gasteiger partial charge is 0.340 e. The van der Waals surface area contributed by atoms with Gasteiger partial charge >= 0.3 is 0 Å². The maximum absolute atomic E-state index is 15.0. The van der Waals surface area contributed by atoms with Crippen LogP contribution in [-0.2, 0) is 4.79 Å². The Labute approximate surface area is 177 Å². The normalized spacial score (nSPS) is 16.5. The zero-order valence-corrected chi connectivity index (χ0v) is 17.2. The fraction of sp³-hybridized carbons (Fsp3) is 0.227. The number of rotatable bonds is 5. The van der Waals surface area contributed by atoms with Gasteiger partial charge in [0.15, 0.2) is 0 Å². The number of carbonyl (C=O) groups is 2. The van der Waals surface area contributed by atoms with Gasteiger partial charge in [0.2, 0.25) is 5.91 Å². The lowest BCUT2D eigenvalue weighted by molar-refractivity contribution is -0.121. The summed E-state index contributed by atoms with van der Waals surface area (Å²) in [6.45, 7) is 0.411. The van der Waals surface area contributed by atoms with Crippen molar-refractivity contribution in [3.63, 3.8) is 0 Å². The van der Waals surface area contributed by atoms with Gasteiger partial charge in [0, 0.05) is 17.6 Å². The minimum absolute atomic E-state index is 0.229. The molecule has 6 nitrogen and oxygen atoms in total. The topological polar surface area (TPSA) is 78.1 Å². The lowest BCUT2D eigenvalue weighted by atomic mass is 10.0. The fourth-order valence-corrected chi connectivity index (χ4v) is 4.26. The van der Waals surface area contributed by atoms with Crippen LogP contribution in [0.4, 0.5) is 10.1 Å². The molecule has 1 aromatic heterocycles. The summed E-state index contributed by atoms with van der Waals surface area (Å²) in [5.41, 5.74) is 2.29. The van der Waals surface area contributed by atoms with E-state index in [2.05, 4.69) is 15.5 Å². The lowest BCUT2D eigenvalue weighted by Crippen LogP contribution is -2.52. The van der Waals surface area contributed by atoms with Crippen LogP contribution in [0.1, 0.15) is 23.2 Å². The minimum atomic E-state index is -0.697. The van der Waals surface area contributed by atoms with Crippen molar-refractivity contribution in [1.82, 2.24) is 15.5 Å². The molecule has 0 radical (unpaired) electrons. The van der Waals surface area contributed by atoms with E-state index in [1.807, 2.05) is 36.6 Å². The number of aromatic amines is 1. The summed E-state index contributed by atoms with van der Waals surface area (Å²) >= 11 is 1.60. The van der Waals surface area contributed by atoms with Gasteiger partial charge in [-0.3, -0.25) is 14.7 Å². The van der Waals surface area contributed by atoms with E-state index in [1.165, 1.54) is 23.4 Å². The Morgan fingerprint density at radius 2 is 2.13 bits per heavy atom. The van der Waals surface area contributed by atoms with Crippen LogP contribution in [0.3, 0.4) is 0 Å². The zero-order valence-electron chi connectivity index (χ0n) is 16.4. The molecule has 2 amide bonds. The van der Waals surface area contributed by atoms with Crippen molar-refractivity contribution in [2.24, 2.45) is 0 Å². The van der Waals surface area contributed by atoms with E-state index in [0.717, 1.165) is 16.0 Å². The van der Waals surface area contributed by atoms with Crippen LogP contribution in [0.15, 0.2) is 59.8 Å². The summed E-state index contributed by atoms with van der Waals surface area (Å²) in [5, 5.41) is 9.04. The molecule has 3 aromatic rings. The summed E-state index contributed by atoms with van der Waals surface area (Å²) < 4.78 is 15.0. The van der Waals surface area contributed by atoms with Crippen LogP contribution in [0.5, 0.6) is 0 Å². The van der Waals surface area contributed by atoms with Crippen molar-refractivity contribution in [3.8, 4) is 11.1 Å². The van der Waals surface area contributed by atoms with Crippen molar-refractivity contribution >= 4 is 29.3 Å². The van der Waals surface area contributed by atoms with Crippen molar-refractivity contribution in [3.05, 3.63) is 66.2 Å². The van der Waals surface area contributed by atoms with Crippen LogP contribution in [0, 0.1) is 5.82 Å². The maximum Gasteiger partial charge on any atom is 0.255 e. The molecule has 1 aliphatic rings. The number of halogens is 1.